The summed E-state index contributed by atoms with van der Waals surface area (Å²) in [6, 6.07) is 13.2. The van der Waals surface area contributed by atoms with E-state index in [9.17, 15) is 14.4 Å². The number of nitrogens with one attached hydrogen (secondary N) is 2. The van der Waals surface area contributed by atoms with E-state index in [-0.39, 0.29) is 11.5 Å². The Morgan fingerprint density at radius 2 is 1.76 bits per heavy atom. The molecular weight excluding hydrogens is 324 g/mol. The van der Waals surface area contributed by atoms with Crippen LogP contribution in [0.15, 0.2) is 48.5 Å². The van der Waals surface area contributed by atoms with Crippen molar-refractivity contribution in [1.82, 2.24) is 0 Å². The highest BCUT2D eigenvalue weighted by molar-refractivity contribution is 5.97. The Morgan fingerprint density at radius 1 is 1.00 bits per heavy atom. The number of rotatable bonds is 6. The zero-order valence-corrected chi connectivity index (χ0v) is 13.9. The van der Waals surface area contributed by atoms with Crippen molar-refractivity contribution in [2.75, 3.05) is 24.4 Å². The average Bonchev–Trinajstić information content (AvgIpc) is 2.60. The molecule has 0 fully saturated rings. The second-order valence-electron chi connectivity index (χ2n) is 5.09. The number of esters is 1. The van der Waals surface area contributed by atoms with Gasteiger partial charge < -0.3 is 20.1 Å². The van der Waals surface area contributed by atoms with Gasteiger partial charge in [-0.15, -0.1) is 0 Å². The van der Waals surface area contributed by atoms with Gasteiger partial charge in [0.1, 0.15) is 5.75 Å². The summed E-state index contributed by atoms with van der Waals surface area (Å²) < 4.78 is 10.1. The normalized spacial score (nSPS) is 9.84. The van der Waals surface area contributed by atoms with Gasteiger partial charge in [-0.25, -0.2) is 4.79 Å². The average molecular weight is 342 g/mol. The number of amides is 2. The molecule has 0 spiro atoms. The number of hydrogen-bond donors (Lipinski definition) is 2. The molecule has 0 unspecified atom stereocenters. The van der Waals surface area contributed by atoms with Crippen LogP contribution in [0.1, 0.15) is 17.3 Å². The number of para-hydroxylation sites is 2. The van der Waals surface area contributed by atoms with Crippen molar-refractivity contribution in [2.24, 2.45) is 0 Å². The highest BCUT2D eigenvalue weighted by Gasteiger charge is 2.12. The second kappa shape index (κ2) is 8.49. The number of anilines is 2. The molecule has 0 saturated heterocycles. The molecule has 0 aliphatic rings. The molecule has 7 nitrogen and oxygen atoms in total. The van der Waals surface area contributed by atoms with Crippen LogP contribution in [0.2, 0.25) is 0 Å². The maximum Gasteiger partial charge on any atom is 0.338 e. The summed E-state index contributed by atoms with van der Waals surface area (Å²) in [6.45, 7) is 0.925. The molecule has 0 aliphatic heterocycles. The van der Waals surface area contributed by atoms with Crippen LogP contribution < -0.4 is 15.4 Å². The van der Waals surface area contributed by atoms with Gasteiger partial charge >= 0.3 is 5.97 Å². The maximum absolute atomic E-state index is 12.0. The summed E-state index contributed by atoms with van der Waals surface area (Å²) >= 11 is 0. The third-order valence-electron chi connectivity index (χ3n) is 3.13. The first-order valence-electron chi connectivity index (χ1n) is 7.47. The molecule has 2 rings (SSSR count). The molecule has 2 N–H and O–H groups in total. The molecule has 0 aromatic heterocycles. The van der Waals surface area contributed by atoms with Gasteiger partial charge in [0.2, 0.25) is 5.91 Å². The van der Waals surface area contributed by atoms with Crippen molar-refractivity contribution in [3.8, 4) is 5.75 Å². The van der Waals surface area contributed by atoms with E-state index in [0.717, 1.165) is 0 Å². The van der Waals surface area contributed by atoms with Gasteiger partial charge in [-0.05, 0) is 30.3 Å². The van der Waals surface area contributed by atoms with Gasteiger partial charge in [0.25, 0.3) is 5.91 Å². The Balaban J connectivity index is 1.93. The van der Waals surface area contributed by atoms with Crippen molar-refractivity contribution in [1.29, 1.82) is 0 Å². The molecule has 2 aromatic rings. The summed E-state index contributed by atoms with van der Waals surface area (Å²) in [4.78, 5) is 35.0. The van der Waals surface area contributed by atoms with Crippen LogP contribution >= 0.6 is 0 Å². The first-order valence-corrected chi connectivity index (χ1v) is 7.47. The van der Waals surface area contributed by atoms with Gasteiger partial charge in [0.05, 0.1) is 18.4 Å². The van der Waals surface area contributed by atoms with Crippen molar-refractivity contribution in [3.63, 3.8) is 0 Å². The number of ether oxygens (including phenoxy) is 2. The molecule has 0 radical (unpaired) electrons. The molecular formula is C18H18N2O5. The minimum atomic E-state index is -0.664. The lowest BCUT2D eigenvalue weighted by Gasteiger charge is -2.10. The van der Waals surface area contributed by atoms with Gasteiger partial charge in [-0.3, -0.25) is 9.59 Å². The molecule has 25 heavy (non-hydrogen) atoms. The highest BCUT2D eigenvalue weighted by Crippen LogP contribution is 2.22. The highest BCUT2D eigenvalue weighted by atomic mass is 16.5. The fraction of sp³-hybridized carbons (Fsp3) is 0.167. The largest absolute Gasteiger partial charge is 0.495 e. The van der Waals surface area contributed by atoms with E-state index in [1.165, 1.54) is 26.2 Å². The molecule has 7 heteroatoms. The smallest absolute Gasteiger partial charge is 0.338 e. The molecule has 0 saturated carbocycles. The van der Waals surface area contributed by atoms with E-state index in [1.807, 2.05) is 0 Å². The predicted molar refractivity (Wildman–Crippen MR) is 92.7 cm³/mol. The monoisotopic (exact) mass is 342 g/mol. The van der Waals surface area contributed by atoms with Gasteiger partial charge in [0.15, 0.2) is 6.61 Å². The number of carbonyl (C=O) groups is 3. The quantitative estimate of drug-likeness (QED) is 0.787. The van der Waals surface area contributed by atoms with E-state index in [2.05, 4.69) is 10.6 Å². The molecule has 0 heterocycles. The molecule has 0 atom stereocenters. The summed E-state index contributed by atoms with van der Waals surface area (Å²) in [5.74, 6) is -0.898. The number of hydrogen-bond acceptors (Lipinski definition) is 5. The Bertz CT molecular complexity index is 789. The lowest BCUT2D eigenvalue weighted by molar-refractivity contribution is -0.119. The van der Waals surface area contributed by atoms with Gasteiger partial charge in [-0.2, -0.15) is 0 Å². The number of benzene rings is 2. The SMILES string of the molecule is COc1ccccc1NC(=O)COC(=O)c1cccc(NC(C)=O)c1. The Labute approximate surface area is 144 Å². The van der Waals surface area contributed by atoms with Gasteiger partial charge in [-0.1, -0.05) is 18.2 Å². The molecule has 130 valence electrons. The summed E-state index contributed by atoms with van der Waals surface area (Å²) in [5.41, 5.74) is 1.19. The molecule has 0 bridgehead atoms. The minimum Gasteiger partial charge on any atom is -0.495 e. The Morgan fingerprint density at radius 3 is 2.48 bits per heavy atom. The fourth-order valence-electron chi connectivity index (χ4n) is 2.08. The van der Waals surface area contributed by atoms with E-state index < -0.39 is 18.5 Å². The van der Waals surface area contributed by atoms with E-state index >= 15 is 0 Å². The zero-order valence-electron chi connectivity index (χ0n) is 13.9. The van der Waals surface area contributed by atoms with Crippen LogP contribution in [0.25, 0.3) is 0 Å². The van der Waals surface area contributed by atoms with E-state index in [4.69, 9.17) is 9.47 Å². The van der Waals surface area contributed by atoms with Crippen molar-refractivity contribution in [3.05, 3.63) is 54.1 Å². The summed E-state index contributed by atoms with van der Waals surface area (Å²) in [5, 5.41) is 5.18. The third kappa shape index (κ3) is 5.35. The summed E-state index contributed by atoms with van der Waals surface area (Å²) in [7, 11) is 1.49. The molecule has 0 aliphatic carbocycles. The number of methoxy groups -OCH3 is 1. The third-order valence-corrected chi connectivity index (χ3v) is 3.13. The minimum absolute atomic E-state index is 0.233. The number of carbonyl (C=O) groups excluding carboxylic acids is 3. The summed E-state index contributed by atoms with van der Waals surface area (Å²) in [6.07, 6.45) is 0. The second-order valence-corrected chi connectivity index (χ2v) is 5.09. The molecule has 2 aromatic carbocycles. The topological polar surface area (TPSA) is 93.7 Å². The maximum atomic E-state index is 12.0. The van der Waals surface area contributed by atoms with E-state index in [0.29, 0.717) is 17.1 Å². The zero-order chi connectivity index (χ0) is 18.2. The van der Waals surface area contributed by atoms with Crippen LogP contribution in [0.5, 0.6) is 5.75 Å². The first-order chi connectivity index (χ1) is 12.0. The fourth-order valence-corrected chi connectivity index (χ4v) is 2.08. The Kier molecular flexibility index (Phi) is 6.11. The van der Waals surface area contributed by atoms with Crippen molar-refractivity contribution < 1.29 is 23.9 Å². The van der Waals surface area contributed by atoms with Crippen LogP contribution in [-0.2, 0) is 14.3 Å². The standard InChI is InChI=1S/C18H18N2O5/c1-12(21)19-14-7-5-6-13(10-14)18(23)25-11-17(22)20-15-8-3-4-9-16(15)24-2/h3-10H,11H2,1-2H3,(H,19,21)(H,20,22). The van der Waals surface area contributed by atoms with Crippen LogP contribution in [0.3, 0.4) is 0 Å². The van der Waals surface area contributed by atoms with Gasteiger partial charge in [0, 0.05) is 12.6 Å². The van der Waals surface area contributed by atoms with Crippen LogP contribution in [-0.4, -0.2) is 31.5 Å². The first kappa shape index (κ1) is 18.0. The van der Waals surface area contributed by atoms with Crippen molar-refractivity contribution >= 4 is 29.2 Å². The van der Waals surface area contributed by atoms with Crippen LogP contribution in [0, 0.1) is 0 Å². The van der Waals surface area contributed by atoms with Crippen molar-refractivity contribution in [2.45, 2.75) is 6.92 Å². The predicted octanol–water partition coefficient (Wildman–Crippen LogP) is 2.45. The van der Waals surface area contributed by atoms with E-state index in [1.54, 1.807) is 36.4 Å². The van der Waals surface area contributed by atoms with Crippen LogP contribution in [0.4, 0.5) is 11.4 Å². The Hall–Kier alpha value is -3.35. The lowest BCUT2D eigenvalue weighted by atomic mass is 10.2. The lowest BCUT2D eigenvalue weighted by Crippen LogP contribution is -2.21. The molecule has 2 amide bonds.